The molecule has 0 radical (unpaired) electrons. The van der Waals surface area contributed by atoms with E-state index in [1.807, 2.05) is 0 Å². The molecule has 0 aliphatic rings. The van der Waals surface area contributed by atoms with Gasteiger partial charge in [0.15, 0.2) is 10.7 Å². The summed E-state index contributed by atoms with van der Waals surface area (Å²) in [6.07, 6.45) is 43.1. The van der Waals surface area contributed by atoms with Crippen molar-refractivity contribution in [1.82, 2.24) is 0 Å². The van der Waals surface area contributed by atoms with Gasteiger partial charge in [0.1, 0.15) is 0 Å². The highest BCUT2D eigenvalue weighted by atomic mass is 32.1. The summed E-state index contributed by atoms with van der Waals surface area (Å²) in [5, 5.41) is 20.4. The molecule has 0 aromatic heterocycles. The van der Waals surface area contributed by atoms with Gasteiger partial charge in [0, 0.05) is 0 Å². The topological polar surface area (TPSA) is 74.6 Å². The Morgan fingerprint density at radius 1 is 0.533 bits per heavy atom. The summed E-state index contributed by atoms with van der Waals surface area (Å²) in [7, 11) is 0. The first-order valence-corrected chi connectivity index (χ1v) is 19.8. The molecule has 0 aliphatic carbocycles. The van der Waals surface area contributed by atoms with Crippen LogP contribution in [0, 0.1) is 5.92 Å². The van der Waals surface area contributed by atoms with Crippen LogP contribution >= 0.6 is 12.6 Å². The Kier molecular flexibility index (Phi) is 32.1. The predicted molar refractivity (Wildman–Crippen MR) is 198 cm³/mol. The van der Waals surface area contributed by atoms with Crippen LogP contribution < -0.4 is 0 Å². The van der Waals surface area contributed by atoms with E-state index in [4.69, 9.17) is 0 Å². The summed E-state index contributed by atoms with van der Waals surface area (Å²) in [5.74, 6) is -2.23. The molecule has 0 fully saturated rings. The van der Waals surface area contributed by atoms with Gasteiger partial charge in [0.25, 0.3) is 0 Å². The van der Waals surface area contributed by atoms with Gasteiger partial charge in [0.2, 0.25) is 0 Å². The first-order valence-electron chi connectivity index (χ1n) is 19.4. The van der Waals surface area contributed by atoms with Crippen LogP contribution in [0.2, 0.25) is 0 Å². The number of aliphatic hydroxyl groups is 1. The maximum atomic E-state index is 12.3. The van der Waals surface area contributed by atoms with Gasteiger partial charge in [-0.05, 0) is 70.6 Å². The van der Waals surface area contributed by atoms with E-state index in [9.17, 15) is 19.8 Å². The zero-order valence-electron chi connectivity index (χ0n) is 29.8. The zero-order chi connectivity index (χ0) is 33.3. The van der Waals surface area contributed by atoms with E-state index >= 15 is 0 Å². The summed E-state index contributed by atoms with van der Waals surface area (Å²) in [5.41, 5.74) is -2.01. The highest BCUT2D eigenvalue weighted by molar-refractivity contribution is 7.96. The number of thiol groups is 1. The van der Waals surface area contributed by atoms with Crippen LogP contribution in [0.3, 0.4) is 0 Å². The third-order valence-electron chi connectivity index (χ3n) is 9.32. The molecule has 0 aromatic rings. The number of rotatable bonds is 35. The fourth-order valence-corrected chi connectivity index (χ4v) is 6.58. The van der Waals surface area contributed by atoms with Gasteiger partial charge in [-0.25, -0.2) is 4.79 Å². The predicted octanol–water partition coefficient (Wildman–Crippen LogP) is 12.7. The minimum absolute atomic E-state index is 0.118. The molecular weight excluding hydrogens is 577 g/mol. The van der Waals surface area contributed by atoms with Crippen molar-refractivity contribution in [2.75, 3.05) is 0 Å². The van der Waals surface area contributed by atoms with Crippen LogP contribution in [-0.2, 0) is 9.59 Å². The molecule has 2 unspecified atom stereocenters. The molecule has 45 heavy (non-hydrogen) atoms. The fraction of sp³-hybridized carbons (Fsp3) is 0.850. The molecule has 0 bridgehead atoms. The smallest absolute Gasteiger partial charge is 0.336 e. The minimum atomic E-state index is -2.01. The number of aliphatic carboxylic acids is 1. The molecule has 4 nitrogen and oxygen atoms in total. The summed E-state index contributed by atoms with van der Waals surface area (Å²) < 4.78 is 0. The number of carbonyl (C=O) groups excluding carboxylic acids is 1. The molecule has 0 rings (SSSR count). The molecule has 0 heterocycles. The Morgan fingerprint density at radius 2 is 0.844 bits per heavy atom. The molecule has 2 N–H and O–H groups in total. The van der Waals surface area contributed by atoms with Gasteiger partial charge < -0.3 is 10.2 Å². The molecule has 0 saturated heterocycles. The van der Waals surface area contributed by atoms with Gasteiger partial charge >= 0.3 is 5.97 Å². The second-order valence-corrected chi connectivity index (χ2v) is 14.0. The number of hydrogen-bond donors (Lipinski definition) is 3. The summed E-state index contributed by atoms with van der Waals surface area (Å²) >= 11 is 3.99. The normalized spacial score (nSPS) is 14.0. The minimum Gasteiger partial charge on any atom is -0.479 e. The van der Waals surface area contributed by atoms with E-state index in [-0.39, 0.29) is 6.42 Å². The number of unbranched alkanes of at least 4 members (excludes halogenated alkanes) is 24. The molecule has 0 spiro atoms. The Hall–Kier alpha value is -1.07. The number of carbonyl (C=O) groups is 2. The van der Waals surface area contributed by atoms with Crippen molar-refractivity contribution in [3.05, 3.63) is 24.3 Å². The fourth-order valence-electron chi connectivity index (χ4n) is 6.23. The van der Waals surface area contributed by atoms with Gasteiger partial charge in [0.05, 0.1) is 5.92 Å². The zero-order valence-corrected chi connectivity index (χ0v) is 30.7. The Bertz CT molecular complexity index is 734. The molecule has 2 atom stereocenters. The van der Waals surface area contributed by atoms with Crippen molar-refractivity contribution in [2.24, 2.45) is 5.92 Å². The molecule has 0 saturated carbocycles. The van der Waals surface area contributed by atoms with E-state index in [0.717, 1.165) is 57.8 Å². The van der Waals surface area contributed by atoms with Crippen LogP contribution in [0.25, 0.3) is 0 Å². The SMILES string of the molecule is CCCCCCCC/C=C\CCCCCCCCC(C(=O)S)C(O)(CCCCCCCC/C=C\CCCCCCCC)C(=O)O. The highest BCUT2D eigenvalue weighted by Gasteiger charge is 2.46. The number of carboxylic acids is 1. The van der Waals surface area contributed by atoms with Crippen LogP contribution in [-0.4, -0.2) is 26.9 Å². The largest absolute Gasteiger partial charge is 0.479 e. The monoisotopic (exact) mass is 651 g/mol. The maximum absolute atomic E-state index is 12.3. The van der Waals surface area contributed by atoms with Crippen LogP contribution in [0.5, 0.6) is 0 Å². The van der Waals surface area contributed by atoms with E-state index in [1.165, 1.54) is 116 Å². The summed E-state index contributed by atoms with van der Waals surface area (Å²) in [6, 6.07) is 0. The number of carboxylic acid groups (broad SMARTS) is 1. The lowest BCUT2D eigenvalue weighted by Crippen LogP contribution is -2.48. The van der Waals surface area contributed by atoms with E-state index in [1.54, 1.807) is 0 Å². The molecule has 0 amide bonds. The van der Waals surface area contributed by atoms with Crippen LogP contribution in [0.4, 0.5) is 0 Å². The van der Waals surface area contributed by atoms with Crippen LogP contribution in [0.15, 0.2) is 24.3 Å². The Labute approximate surface area is 285 Å². The molecule has 0 aromatic carbocycles. The van der Waals surface area contributed by atoms with Crippen molar-refractivity contribution in [1.29, 1.82) is 0 Å². The Balaban J connectivity index is 3.99. The summed E-state index contributed by atoms with van der Waals surface area (Å²) in [4.78, 5) is 24.4. The van der Waals surface area contributed by atoms with Gasteiger partial charge in [-0.1, -0.05) is 160 Å². The second-order valence-electron chi connectivity index (χ2n) is 13.5. The Morgan fingerprint density at radius 3 is 1.18 bits per heavy atom. The first kappa shape index (κ1) is 43.9. The number of hydrogen-bond acceptors (Lipinski definition) is 3. The van der Waals surface area contributed by atoms with Gasteiger partial charge in [-0.3, -0.25) is 4.79 Å². The van der Waals surface area contributed by atoms with Crippen molar-refractivity contribution in [2.45, 2.75) is 212 Å². The lowest BCUT2D eigenvalue weighted by Gasteiger charge is -2.30. The van der Waals surface area contributed by atoms with Crippen molar-refractivity contribution >= 4 is 23.7 Å². The van der Waals surface area contributed by atoms with E-state index in [2.05, 4.69) is 50.8 Å². The summed E-state index contributed by atoms with van der Waals surface area (Å²) in [6.45, 7) is 4.51. The third kappa shape index (κ3) is 26.7. The van der Waals surface area contributed by atoms with Crippen LogP contribution in [0.1, 0.15) is 206 Å². The van der Waals surface area contributed by atoms with Crippen molar-refractivity contribution in [3.63, 3.8) is 0 Å². The molecular formula is C40H74O4S. The first-order chi connectivity index (χ1) is 21.9. The third-order valence-corrected chi connectivity index (χ3v) is 9.63. The molecule has 264 valence electrons. The lowest BCUT2D eigenvalue weighted by atomic mass is 9.80. The number of allylic oxidation sites excluding steroid dienone is 4. The second kappa shape index (κ2) is 32.9. The van der Waals surface area contributed by atoms with Crippen molar-refractivity contribution in [3.8, 4) is 0 Å². The van der Waals surface area contributed by atoms with Gasteiger partial charge in [-0.15, -0.1) is 12.6 Å². The quantitative estimate of drug-likeness (QED) is 0.0362. The average Bonchev–Trinajstić information content (AvgIpc) is 3.02. The standard InChI is InChI=1S/C40H74O4S/c1-3-5-7-9-11-13-15-17-19-21-23-25-27-29-31-33-35-37(38(41)45)40(44,39(42)43)36-34-32-30-28-26-24-22-20-18-16-14-12-10-8-6-4-2/h17-20,37,44H,3-16,21-36H2,1-2H3,(H,41,45)(H,42,43)/b19-17-,20-18-. The molecule has 5 heteroatoms. The lowest BCUT2D eigenvalue weighted by molar-refractivity contribution is -0.168. The average molecular weight is 651 g/mol. The van der Waals surface area contributed by atoms with Gasteiger partial charge in [-0.2, -0.15) is 0 Å². The highest BCUT2D eigenvalue weighted by Crippen LogP contribution is 2.31. The van der Waals surface area contributed by atoms with E-state index < -0.39 is 22.6 Å². The van der Waals surface area contributed by atoms with E-state index in [0.29, 0.717) is 12.8 Å². The van der Waals surface area contributed by atoms with Crippen molar-refractivity contribution < 1.29 is 19.8 Å². The maximum Gasteiger partial charge on any atom is 0.336 e. The molecule has 0 aliphatic heterocycles.